The van der Waals surface area contributed by atoms with E-state index in [2.05, 4.69) is 15.5 Å². The number of nitrogens with zero attached hydrogens (tertiary/aromatic N) is 2. The van der Waals surface area contributed by atoms with Crippen molar-refractivity contribution in [3.63, 3.8) is 0 Å². The number of carbonyl (C=O) groups excluding carboxylic acids is 2. The Morgan fingerprint density at radius 1 is 1.10 bits per heavy atom. The van der Waals surface area contributed by atoms with Crippen LogP contribution in [0.25, 0.3) is 0 Å². The van der Waals surface area contributed by atoms with Crippen molar-refractivity contribution in [1.82, 2.24) is 15.5 Å². The van der Waals surface area contributed by atoms with Gasteiger partial charge in [-0.25, -0.2) is 4.39 Å². The van der Waals surface area contributed by atoms with Gasteiger partial charge < -0.3 is 24.7 Å². The van der Waals surface area contributed by atoms with Crippen molar-refractivity contribution in [2.45, 2.75) is 12.5 Å². The Morgan fingerprint density at radius 3 is 2.52 bits per heavy atom. The quantitative estimate of drug-likeness (QED) is 0.462. The number of rotatable bonds is 9. The number of halogens is 1. The van der Waals surface area contributed by atoms with Crippen molar-refractivity contribution in [2.75, 3.05) is 57.9 Å². The summed E-state index contributed by atoms with van der Waals surface area (Å²) >= 11 is 0. The fourth-order valence-electron chi connectivity index (χ4n) is 3.64. The highest BCUT2D eigenvalue weighted by atomic mass is 19.1. The number of hydrogen-bond donors (Lipinski definition) is 2. The van der Waals surface area contributed by atoms with Crippen LogP contribution in [0.1, 0.15) is 18.2 Å². The van der Waals surface area contributed by atoms with Crippen LogP contribution in [0.5, 0.6) is 0 Å². The summed E-state index contributed by atoms with van der Waals surface area (Å²) in [5.74, 6) is -0.875. The second kappa shape index (κ2) is 11.5. The van der Waals surface area contributed by atoms with E-state index in [0.717, 1.165) is 0 Å². The maximum atomic E-state index is 14.1. The highest BCUT2D eigenvalue weighted by molar-refractivity contribution is 6.35. The lowest BCUT2D eigenvalue weighted by atomic mass is 10.1. The van der Waals surface area contributed by atoms with Crippen molar-refractivity contribution in [1.29, 1.82) is 0 Å². The van der Waals surface area contributed by atoms with Crippen molar-refractivity contribution in [2.24, 2.45) is 0 Å². The smallest absolute Gasteiger partial charge is 0.309 e. The Kier molecular flexibility index (Phi) is 8.43. The molecule has 168 valence electrons. The first kappa shape index (κ1) is 22.8. The van der Waals surface area contributed by atoms with Crippen LogP contribution in [-0.2, 0) is 14.3 Å². The van der Waals surface area contributed by atoms with Gasteiger partial charge in [-0.2, -0.15) is 0 Å². The first-order valence-electron chi connectivity index (χ1n) is 10.4. The summed E-state index contributed by atoms with van der Waals surface area (Å²) in [4.78, 5) is 28.3. The zero-order valence-corrected chi connectivity index (χ0v) is 17.7. The average Bonchev–Trinajstić information content (AvgIpc) is 3.32. The first-order valence-corrected chi connectivity index (χ1v) is 10.4. The van der Waals surface area contributed by atoms with E-state index in [1.807, 2.05) is 17.0 Å². The molecular weight excluding hydrogens is 403 g/mol. The van der Waals surface area contributed by atoms with Gasteiger partial charge in [0.2, 0.25) is 0 Å². The number of nitrogens with one attached hydrogen (secondary N) is 2. The van der Waals surface area contributed by atoms with Crippen molar-refractivity contribution >= 4 is 17.5 Å². The number of carbonyl (C=O) groups is 2. The van der Waals surface area contributed by atoms with Gasteiger partial charge in [0.25, 0.3) is 0 Å². The minimum Gasteiger partial charge on any atom is -0.468 e. The molecule has 0 aliphatic carbocycles. The van der Waals surface area contributed by atoms with Crippen LogP contribution >= 0.6 is 0 Å². The van der Waals surface area contributed by atoms with Gasteiger partial charge in [0.15, 0.2) is 0 Å². The number of furan rings is 1. The number of anilines is 1. The van der Waals surface area contributed by atoms with Crippen molar-refractivity contribution in [3.8, 4) is 0 Å². The lowest BCUT2D eigenvalue weighted by Crippen LogP contribution is -2.51. The molecule has 1 atom stereocenters. The number of hydrogen-bond acceptors (Lipinski definition) is 6. The third-order valence-electron chi connectivity index (χ3n) is 5.29. The molecule has 1 aliphatic rings. The number of amides is 2. The third kappa shape index (κ3) is 6.28. The molecule has 1 aromatic carbocycles. The van der Waals surface area contributed by atoms with Crippen LogP contribution in [0.3, 0.4) is 0 Å². The summed E-state index contributed by atoms with van der Waals surface area (Å²) in [6.07, 6.45) is 2.22. The van der Waals surface area contributed by atoms with Gasteiger partial charge in [-0.05, 0) is 30.7 Å². The second-order valence-electron chi connectivity index (χ2n) is 7.32. The van der Waals surface area contributed by atoms with Crippen LogP contribution < -0.4 is 15.5 Å². The summed E-state index contributed by atoms with van der Waals surface area (Å²) in [5.41, 5.74) is 0.593. The molecule has 1 saturated heterocycles. The number of ether oxygens (including phenoxy) is 1. The zero-order valence-electron chi connectivity index (χ0n) is 17.7. The zero-order chi connectivity index (χ0) is 22.1. The Balaban J connectivity index is 1.55. The Labute approximate surface area is 181 Å². The second-order valence-corrected chi connectivity index (χ2v) is 7.32. The predicted molar refractivity (Wildman–Crippen MR) is 114 cm³/mol. The predicted octanol–water partition coefficient (Wildman–Crippen LogP) is 1.55. The fraction of sp³-hybridized carbons (Fsp3) is 0.455. The molecule has 8 nitrogen and oxygen atoms in total. The molecule has 1 fully saturated rings. The Bertz CT molecular complexity index is 838. The summed E-state index contributed by atoms with van der Waals surface area (Å²) in [6, 6.07) is 10.2. The monoisotopic (exact) mass is 432 g/mol. The molecule has 0 radical (unpaired) electrons. The van der Waals surface area contributed by atoms with Crippen LogP contribution in [0.15, 0.2) is 47.1 Å². The lowest BCUT2D eigenvalue weighted by molar-refractivity contribution is -0.139. The molecule has 1 aliphatic heterocycles. The molecular formula is C22H29FN4O4. The summed E-state index contributed by atoms with van der Waals surface area (Å²) in [6.45, 7) is 3.74. The van der Waals surface area contributed by atoms with Gasteiger partial charge in [-0.15, -0.1) is 0 Å². The van der Waals surface area contributed by atoms with Gasteiger partial charge in [-0.3, -0.25) is 14.5 Å². The van der Waals surface area contributed by atoms with Gasteiger partial charge in [0.1, 0.15) is 11.6 Å². The van der Waals surface area contributed by atoms with Crippen LogP contribution in [-0.4, -0.2) is 69.7 Å². The summed E-state index contributed by atoms with van der Waals surface area (Å²) in [5, 5.41) is 5.28. The molecule has 1 unspecified atom stereocenters. The molecule has 2 heterocycles. The average molecular weight is 432 g/mol. The Morgan fingerprint density at radius 2 is 1.84 bits per heavy atom. The van der Waals surface area contributed by atoms with Crippen molar-refractivity contribution in [3.05, 3.63) is 54.2 Å². The van der Waals surface area contributed by atoms with Gasteiger partial charge in [-0.1, -0.05) is 12.1 Å². The van der Waals surface area contributed by atoms with Crippen molar-refractivity contribution < 1.29 is 23.1 Å². The van der Waals surface area contributed by atoms with E-state index in [1.54, 1.807) is 31.6 Å². The normalized spacial score (nSPS) is 15.5. The fourth-order valence-corrected chi connectivity index (χ4v) is 3.64. The van der Waals surface area contributed by atoms with Gasteiger partial charge in [0.05, 0.1) is 18.0 Å². The summed E-state index contributed by atoms with van der Waals surface area (Å²) < 4.78 is 24.6. The molecule has 2 amide bonds. The van der Waals surface area contributed by atoms with E-state index >= 15 is 0 Å². The molecule has 0 spiro atoms. The summed E-state index contributed by atoms with van der Waals surface area (Å²) in [7, 11) is 1.58. The highest BCUT2D eigenvalue weighted by Crippen LogP contribution is 2.25. The SMILES string of the molecule is COCCCNC(=O)C(=O)NCC(c1ccco1)N1CCN(c2ccccc2F)CC1. The number of piperazine rings is 1. The first-order chi connectivity index (χ1) is 15.1. The van der Waals surface area contributed by atoms with Crippen LogP contribution in [0.2, 0.25) is 0 Å². The number of benzene rings is 1. The van der Waals surface area contributed by atoms with E-state index < -0.39 is 11.8 Å². The maximum Gasteiger partial charge on any atom is 0.309 e. The molecule has 3 rings (SSSR count). The standard InChI is InChI=1S/C22H29FN4O4/c1-30-14-5-9-24-21(28)22(29)25-16-19(20-8-4-15-31-20)27-12-10-26(11-13-27)18-7-3-2-6-17(18)23/h2-4,6-8,15,19H,5,9-14,16H2,1H3,(H,24,28)(H,25,29). The molecule has 0 bridgehead atoms. The molecule has 9 heteroatoms. The van der Waals surface area contributed by atoms with Crippen LogP contribution in [0.4, 0.5) is 10.1 Å². The lowest BCUT2D eigenvalue weighted by Gasteiger charge is -2.39. The Hall–Kier alpha value is -2.91. The van der Waals surface area contributed by atoms with Gasteiger partial charge >= 0.3 is 11.8 Å². The minimum absolute atomic E-state index is 0.219. The van der Waals surface area contributed by atoms with E-state index in [1.165, 1.54) is 6.07 Å². The van der Waals surface area contributed by atoms with Crippen LogP contribution in [0, 0.1) is 5.82 Å². The van der Waals surface area contributed by atoms with E-state index in [-0.39, 0.29) is 18.4 Å². The molecule has 31 heavy (non-hydrogen) atoms. The molecule has 0 saturated carbocycles. The number of methoxy groups -OCH3 is 1. The van der Waals surface area contributed by atoms with E-state index in [0.29, 0.717) is 57.2 Å². The number of para-hydroxylation sites is 1. The maximum absolute atomic E-state index is 14.1. The largest absolute Gasteiger partial charge is 0.468 e. The molecule has 1 aromatic heterocycles. The third-order valence-corrected chi connectivity index (χ3v) is 5.29. The topological polar surface area (TPSA) is 87.0 Å². The van der Waals surface area contributed by atoms with E-state index in [4.69, 9.17) is 9.15 Å². The van der Waals surface area contributed by atoms with Gasteiger partial charge in [0, 0.05) is 53.0 Å². The molecule has 2 aromatic rings. The highest BCUT2D eigenvalue weighted by Gasteiger charge is 2.28. The van der Waals surface area contributed by atoms with E-state index in [9.17, 15) is 14.0 Å². The minimum atomic E-state index is -0.682. The molecule has 2 N–H and O–H groups in total.